The normalized spacial score (nSPS) is 11.7. The zero-order valence-electron chi connectivity index (χ0n) is 16.2. The fraction of sp³-hybridized carbons (Fsp3) is 0.364. The predicted molar refractivity (Wildman–Crippen MR) is 112 cm³/mol. The van der Waals surface area contributed by atoms with Crippen molar-refractivity contribution in [2.45, 2.75) is 46.2 Å². The van der Waals surface area contributed by atoms with Crippen molar-refractivity contribution >= 4 is 27.7 Å². The average molecular weight is 431 g/mol. The number of nitrogens with zero attached hydrogens (tertiary/aromatic N) is 1. The summed E-state index contributed by atoms with van der Waals surface area (Å²) in [5.74, 6) is -0.143. The van der Waals surface area contributed by atoms with Crippen molar-refractivity contribution in [3.8, 4) is 0 Å². The Morgan fingerprint density at radius 1 is 1.04 bits per heavy atom. The number of carbonyl (C=O) groups excluding carboxylic acids is 2. The fourth-order valence-corrected chi connectivity index (χ4v) is 3.11. The minimum atomic E-state index is -0.515. The van der Waals surface area contributed by atoms with Crippen molar-refractivity contribution < 1.29 is 9.59 Å². The molecule has 0 saturated carbocycles. The summed E-state index contributed by atoms with van der Waals surface area (Å²) in [4.78, 5) is 26.9. The number of halogens is 1. The number of rotatable bonds is 8. The molecular formula is C22H27BrN2O2. The smallest absolute Gasteiger partial charge is 0.242 e. The molecule has 0 unspecified atom stereocenters. The molecule has 27 heavy (non-hydrogen) atoms. The van der Waals surface area contributed by atoms with E-state index in [0.29, 0.717) is 25.9 Å². The van der Waals surface area contributed by atoms with E-state index in [4.69, 9.17) is 0 Å². The van der Waals surface area contributed by atoms with Crippen molar-refractivity contribution in [1.29, 1.82) is 0 Å². The van der Waals surface area contributed by atoms with Crippen LogP contribution in [0.15, 0.2) is 53.0 Å². The van der Waals surface area contributed by atoms with Gasteiger partial charge >= 0.3 is 0 Å². The lowest BCUT2D eigenvalue weighted by Gasteiger charge is -2.29. The number of amides is 2. The summed E-state index contributed by atoms with van der Waals surface area (Å²) in [6, 6.07) is 15.5. The summed E-state index contributed by atoms with van der Waals surface area (Å²) in [5.41, 5.74) is 3.33. The molecule has 0 aliphatic heterocycles. The van der Waals surface area contributed by atoms with Gasteiger partial charge in [-0.2, -0.15) is 0 Å². The Morgan fingerprint density at radius 2 is 1.63 bits per heavy atom. The molecule has 0 bridgehead atoms. The molecule has 2 rings (SSSR count). The molecule has 1 atom stereocenters. The van der Waals surface area contributed by atoms with Crippen LogP contribution in [0.4, 0.5) is 0 Å². The van der Waals surface area contributed by atoms with E-state index >= 15 is 0 Å². The molecule has 5 heteroatoms. The summed E-state index contributed by atoms with van der Waals surface area (Å²) in [6.07, 6.45) is 1.04. The molecule has 0 fully saturated rings. The third-order valence-corrected chi connectivity index (χ3v) is 5.06. The van der Waals surface area contributed by atoms with E-state index in [1.807, 2.05) is 38.1 Å². The van der Waals surface area contributed by atoms with Crippen LogP contribution in [0.5, 0.6) is 0 Å². The van der Waals surface area contributed by atoms with Crippen LogP contribution >= 0.6 is 15.9 Å². The van der Waals surface area contributed by atoms with E-state index in [2.05, 4.69) is 45.5 Å². The number of likely N-dealkylation sites (N-methyl/N-ethyl adjacent to an activating group) is 1. The van der Waals surface area contributed by atoms with Gasteiger partial charge in [0.05, 0.1) is 0 Å². The van der Waals surface area contributed by atoms with E-state index in [-0.39, 0.29) is 11.8 Å². The average Bonchev–Trinajstić information content (AvgIpc) is 2.66. The summed E-state index contributed by atoms with van der Waals surface area (Å²) < 4.78 is 0.986. The summed E-state index contributed by atoms with van der Waals surface area (Å²) in [6.45, 7) is 6.67. The van der Waals surface area contributed by atoms with Gasteiger partial charge in [-0.1, -0.05) is 57.9 Å². The highest BCUT2D eigenvalue weighted by molar-refractivity contribution is 9.10. The van der Waals surface area contributed by atoms with Crippen molar-refractivity contribution in [1.82, 2.24) is 10.2 Å². The second-order valence-electron chi connectivity index (χ2n) is 6.70. The van der Waals surface area contributed by atoms with Gasteiger partial charge in [0.2, 0.25) is 11.8 Å². The van der Waals surface area contributed by atoms with Crippen LogP contribution in [0.2, 0.25) is 0 Å². The minimum absolute atomic E-state index is 0.0164. The lowest BCUT2D eigenvalue weighted by atomic mass is 10.1. The van der Waals surface area contributed by atoms with Gasteiger partial charge in [0.25, 0.3) is 0 Å². The Labute approximate surface area is 170 Å². The Kier molecular flexibility index (Phi) is 8.04. The molecule has 0 spiro atoms. The Morgan fingerprint density at radius 3 is 2.22 bits per heavy atom. The van der Waals surface area contributed by atoms with Crippen LogP contribution in [0.1, 0.15) is 37.0 Å². The van der Waals surface area contributed by atoms with Gasteiger partial charge in [-0.15, -0.1) is 0 Å². The molecule has 1 N–H and O–H groups in total. The number of aryl methyl sites for hydroxylation is 2. The SMILES string of the molecule is CCNC(=O)[C@H](C)N(Cc1ccc(Br)cc1)C(=O)CCc1ccc(C)cc1. The summed E-state index contributed by atoms with van der Waals surface area (Å²) in [5, 5.41) is 2.82. The molecule has 2 aromatic carbocycles. The van der Waals surface area contributed by atoms with Gasteiger partial charge in [0.15, 0.2) is 0 Å². The highest BCUT2D eigenvalue weighted by Crippen LogP contribution is 2.16. The summed E-state index contributed by atoms with van der Waals surface area (Å²) in [7, 11) is 0. The van der Waals surface area contributed by atoms with Crippen LogP contribution < -0.4 is 5.32 Å². The lowest BCUT2D eigenvalue weighted by Crippen LogP contribution is -2.47. The highest BCUT2D eigenvalue weighted by Gasteiger charge is 2.25. The van der Waals surface area contributed by atoms with Crippen LogP contribution in [0.3, 0.4) is 0 Å². The fourth-order valence-electron chi connectivity index (χ4n) is 2.84. The molecule has 0 saturated heterocycles. The van der Waals surface area contributed by atoms with Crippen LogP contribution in [0.25, 0.3) is 0 Å². The van der Waals surface area contributed by atoms with E-state index in [1.54, 1.807) is 11.8 Å². The maximum atomic E-state index is 12.9. The molecule has 144 valence electrons. The molecule has 0 aromatic heterocycles. The molecule has 0 aliphatic rings. The predicted octanol–water partition coefficient (Wildman–Crippen LogP) is 4.24. The van der Waals surface area contributed by atoms with E-state index in [9.17, 15) is 9.59 Å². The van der Waals surface area contributed by atoms with Gasteiger partial charge in [0, 0.05) is 24.0 Å². The number of carbonyl (C=O) groups is 2. The lowest BCUT2D eigenvalue weighted by molar-refractivity contribution is -0.140. The van der Waals surface area contributed by atoms with Crippen molar-refractivity contribution in [3.63, 3.8) is 0 Å². The first-order valence-electron chi connectivity index (χ1n) is 9.28. The Bertz CT molecular complexity index is 757. The molecule has 0 heterocycles. The van der Waals surface area contributed by atoms with E-state index in [0.717, 1.165) is 15.6 Å². The Balaban J connectivity index is 2.11. The number of hydrogen-bond donors (Lipinski definition) is 1. The zero-order valence-corrected chi connectivity index (χ0v) is 17.8. The van der Waals surface area contributed by atoms with Crippen molar-refractivity contribution in [2.24, 2.45) is 0 Å². The number of hydrogen-bond acceptors (Lipinski definition) is 2. The standard InChI is InChI=1S/C22H27BrN2O2/c1-4-24-22(27)17(3)25(15-19-9-12-20(23)13-10-19)21(26)14-11-18-7-5-16(2)6-8-18/h5-10,12-13,17H,4,11,14-15H2,1-3H3,(H,24,27)/t17-/m0/s1. The van der Waals surface area contributed by atoms with Crippen molar-refractivity contribution in [2.75, 3.05) is 6.54 Å². The third-order valence-electron chi connectivity index (χ3n) is 4.53. The quantitative estimate of drug-likeness (QED) is 0.680. The zero-order chi connectivity index (χ0) is 19.8. The highest BCUT2D eigenvalue weighted by atomic mass is 79.9. The van der Waals surface area contributed by atoms with Crippen LogP contribution in [-0.4, -0.2) is 29.3 Å². The van der Waals surface area contributed by atoms with Gasteiger partial charge in [0.1, 0.15) is 6.04 Å². The minimum Gasteiger partial charge on any atom is -0.355 e. The van der Waals surface area contributed by atoms with Crippen LogP contribution in [0, 0.1) is 6.92 Å². The largest absolute Gasteiger partial charge is 0.355 e. The first-order valence-corrected chi connectivity index (χ1v) is 10.1. The van der Waals surface area contributed by atoms with Gasteiger partial charge < -0.3 is 10.2 Å². The van der Waals surface area contributed by atoms with Gasteiger partial charge in [-0.25, -0.2) is 0 Å². The van der Waals surface area contributed by atoms with Crippen LogP contribution in [-0.2, 0) is 22.6 Å². The monoisotopic (exact) mass is 430 g/mol. The number of benzene rings is 2. The van der Waals surface area contributed by atoms with Gasteiger partial charge in [-0.3, -0.25) is 9.59 Å². The molecule has 0 aliphatic carbocycles. The first-order chi connectivity index (χ1) is 12.9. The second-order valence-corrected chi connectivity index (χ2v) is 7.62. The van der Waals surface area contributed by atoms with Crippen molar-refractivity contribution in [3.05, 3.63) is 69.7 Å². The maximum Gasteiger partial charge on any atom is 0.242 e. The first kappa shape index (κ1) is 21.2. The van der Waals surface area contributed by atoms with E-state index in [1.165, 1.54) is 5.56 Å². The molecule has 2 amide bonds. The molecule has 2 aromatic rings. The maximum absolute atomic E-state index is 12.9. The summed E-state index contributed by atoms with van der Waals surface area (Å²) >= 11 is 3.42. The Hall–Kier alpha value is -2.14. The number of nitrogens with one attached hydrogen (secondary N) is 1. The topological polar surface area (TPSA) is 49.4 Å². The van der Waals surface area contributed by atoms with Gasteiger partial charge in [-0.05, 0) is 50.5 Å². The third kappa shape index (κ3) is 6.51. The molecular weight excluding hydrogens is 404 g/mol. The molecule has 0 radical (unpaired) electrons. The second kappa shape index (κ2) is 10.3. The molecule has 4 nitrogen and oxygen atoms in total. The van der Waals surface area contributed by atoms with E-state index < -0.39 is 6.04 Å².